The molecule has 0 fully saturated rings. The monoisotopic (exact) mass is 299 g/mol. The van der Waals surface area contributed by atoms with Gasteiger partial charge in [0.25, 0.3) is 0 Å². The van der Waals surface area contributed by atoms with Gasteiger partial charge in [-0.05, 0) is 24.6 Å². The molecule has 0 bridgehead atoms. The van der Waals surface area contributed by atoms with Crippen molar-refractivity contribution in [3.05, 3.63) is 60.4 Å². The zero-order chi connectivity index (χ0) is 15.8. The number of amides is 1. The minimum absolute atomic E-state index is 0.0967. The second-order valence-electron chi connectivity index (χ2n) is 5.00. The van der Waals surface area contributed by atoms with Crippen LogP contribution in [0.3, 0.4) is 0 Å². The van der Waals surface area contributed by atoms with Crippen LogP contribution in [0, 0.1) is 0 Å². The Kier molecular flexibility index (Phi) is 5.65. The fourth-order valence-corrected chi connectivity index (χ4v) is 2.12. The maximum absolute atomic E-state index is 11.8. The summed E-state index contributed by atoms with van der Waals surface area (Å²) in [5, 5.41) is 11.6. The van der Waals surface area contributed by atoms with Crippen LogP contribution in [0.25, 0.3) is 0 Å². The highest BCUT2D eigenvalue weighted by Crippen LogP contribution is 2.11. The number of carboxylic acid groups (broad SMARTS) is 1. The molecular formula is C17H19N2O3+. The summed E-state index contributed by atoms with van der Waals surface area (Å²) in [6.07, 6.45) is 6.11. The third kappa shape index (κ3) is 5.01. The topological polar surface area (TPSA) is 70.3 Å². The van der Waals surface area contributed by atoms with Crippen LogP contribution in [-0.4, -0.2) is 17.0 Å². The van der Waals surface area contributed by atoms with Gasteiger partial charge in [0.2, 0.25) is 5.91 Å². The van der Waals surface area contributed by atoms with E-state index >= 15 is 0 Å². The van der Waals surface area contributed by atoms with Gasteiger partial charge in [0.05, 0.1) is 5.56 Å². The van der Waals surface area contributed by atoms with Crippen molar-refractivity contribution < 1.29 is 19.3 Å². The summed E-state index contributed by atoms with van der Waals surface area (Å²) in [7, 11) is 0. The summed E-state index contributed by atoms with van der Waals surface area (Å²) in [6, 6.07) is 12.2. The molecule has 0 aliphatic heterocycles. The van der Waals surface area contributed by atoms with Gasteiger partial charge >= 0.3 is 5.97 Å². The van der Waals surface area contributed by atoms with Crippen molar-refractivity contribution in [3.8, 4) is 0 Å². The Morgan fingerprint density at radius 2 is 1.82 bits per heavy atom. The lowest BCUT2D eigenvalue weighted by atomic mass is 10.2. The van der Waals surface area contributed by atoms with Crippen LogP contribution in [0.4, 0.5) is 5.69 Å². The van der Waals surface area contributed by atoms with Crippen LogP contribution in [0.2, 0.25) is 0 Å². The van der Waals surface area contributed by atoms with E-state index in [1.165, 1.54) is 12.1 Å². The average molecular weight is 299 g/mol. The molecule has 2 aromatic rings. The quantitative estimate of drug-likeness (QED) is 0.609. The molecule has 1 heterocycles. The maximum Gasteiger partial charge on any atom is 0.335 e. The molecule has 5 nitrogen and oxygen atoms in total. The van der Waals surface area contributed by atoms with E-state index < -0.39 is 5.97 Å². The van der Waals surface area contributed by atoms with Crippen LogP contribution in [0.15, 0.2) is 54.9 Å². The number of hydrogen-bond acceptors (Lipinski definition) is 2. The van der Waals surface area contributed by atoms with Crippen LogP contribution in [-0.2, 0) is 11.3 Å². The molecule has 0 saturated carbocycles. The number of carboxylic acids is 1. The van der Waals surface area contributed by atoms with E-state index in [2.05, 4.69) is 9.88 Å². The van der Waals surface area contributed by atoms with Crippen molar-refractivity contribution >= 4 is 17.6 Å². The first-order valence-corrected chi connectivity index (χ1v) is 7.22. The lowest BCUT2D eigenvalue weighted by molar-refractivity contribution is -0.697. The predicted molar refractivity (Wildman–Crippen MR) is 82.5 cm³/mol. The van der Waals surface area contributed by atoms with E-state index in [-0.39, 0.29) is 11.5 Å². The molecule has 0 aliphatic rings. The van der Waals surface area contributed by atoms with Crippen LogP contribution in [0.1, 0.15) is 29.6 Å². The fraction of sp³-hybridized carbons (Fsp3) is 0.235. The van der Waals surface area contributed by atoms with Gasteiger partial charge < -0.3 is 10.4 Å². The molecule has 0 atom stereocenters. The first kappa shape index (κ1) is 15.7. The Morgan fingerprint density at radius 1 is 1.05 bits per heavy atom. The number of pyridine rings is 1. The molecule has 0 spiro atoms. The Balaban J connectivity index is 1.74. The first-order valence-electron chi connectivity index (χ1n) is 7.22. The summed E-state index contributed by atoms with van der Waals surface area (Å²) in [5.74, 6) is -1.10. The van der Waals surface area contributed by atoms with E-state index in [9.17, 15) is 9.59 Å². The molecule has 1 aromatic carbocycles. The second kappa shape index (κ2) is 7.93. The Hall–Kier alpha value is -2.69. The number of nitrogens with one attached hydrogen (secondary N) is 1. The molecular weight excluding hydrogens is 280 g/mol. The number of unbranched alkanes of at least 4 members (excludes halogenated alkanes) is 1. The van der Waals surface area contributed by atoms with Crippen molar-refractivity contribution in [2.24, 2.45) is 0 Å². The van der Waals surface area contributed by atoms with Gasteiger partial charge in [0, 0.05) is 30.7 Å². The summed E-state index contributed by atoms with van der Waals surface area (Å²) in [4.78, 5) is 22.7. The molecule has 114 valence electrons. The Labute approximate surface area is 129 Å². The van der Waals surface area contributed by atoms with Crippen molar-refractivity contribution in [2.45, 2.75) is 25.8 Å². The smallest absolute Gasteiger partial charge is 0.335 e. The predicted octanol–water partition coefficient (Wildman–Crippen LogP) is 2.48. The Morgan fingerprint density at radius 3 is 2.55 bits per heavy atom. The lowest BCUT2D eigenvalue weighted by Crippen LogP contribution is -2.32. The van der Waals surface area contributed by atoms with Crippen molar-refractivity contribution in [3.63, 3.8) is 0 Å². The second-order valence-corrected chi connectivity index (χ2v) is 5.00. The molecule has 0 unspecified atom stereocenters. The first-order chi connectivity index (χ1) is 10.6. The molecule has 0 radical (unpaired) electrons. The molecule has 2 N–H and O–H groups in total. The summed E-state index contributed by atoms with van der Waals surface area (Å²) < 4.78 is 2.08. The number of nitrogens with zero attached hydrogens (tertiary/aromatic N) is 1. The van der Waals surface area contributed by atoms with Gasteiger partial charge in [-0.25, -0.2) is 9.36 Å². The maximum atomic E-state index is 11.8. The minimum atomic E-state index is -1.00. The SMILES string of the molecule is O=C(CCCC[n+]1ccccc1)Nc1cccc(C(=O)O)c1. The zero-order valence-electron chi connectivity index (χ0n) is 12.2. The number of aromatic carboxylic acids is 1. The summed E-state index contributed by atoms with van der Waals surface area (Å²) >= 11 is 0. The van der Waals surface area contributed by atoms with Crippen LogP contribution < -0.4 is 9.88 Å². The number of aryl methyl sites for hydroxylation is 1. The lowest BCUT2D eigenvalue weighted by Gasteiger charge is -2.05. The average Bonchev–Trinajstić information content (AvgIpc) is 2.53. The molecule has 0 saturated heterocycles. The number of carbonyl (C=O) groups is 2. The van der Waals surface area contributed by atoms with Crippen molar-refractivity contribution in [1.82, 2.24) is 0 Å². The number of carbonyl (C=O) groups excluding carboxylic acids is 1. The zero-order valence-corrected chi connectivity index (χ0v) is 12.2. The normalized spacial score (nSPS) is 10.2. The molecule has 0 aliphatic carbocycles. The van der Waals surface area contributed by atoms with E-state index in [1.54, 1.807) is 12.1 Å². The Bertz CT molecular complexity index is 641. The third-order valence-corrected chi connectivity index (χ3v) is 3.24. The van der Waals surface area contributed by atoms with Gasteiger partial charge in [0.15, 0.2) is 12.4 Å². The van der Waals surface area contributed by atoms with E-state index in [4.69, 9.17) is 5.11 Å². The fourth-order valence-electron chi connectivity index (χ4n) is 2.12. The van der Waals surface area contributed by atoms with E-state index in [1.807, 2.05) is 30.6 Å². The molecule has 5 heteroatoms. The van der Waals surface area contributed by atoms with Crippen LogP contribution in [0.5, 0.6) is 0 Å². The molecule has 2 rings (SSSR count). The summed E-state index contributed by atoms with van der Waals surface area (Å²) in [5.41, 5.74) is 0.681. The molecule has 1 aromatic heterocycles. The number of aromatic nitrogens is 1. The highest BCUT2D eigenvalue weighted by Gasteiger charge is 2.07. The van der Waals surface area contributed by atoms with Gasteiger partial charge in [-0.3, -0.25) is 4.79 Å². The van der Waals surface area contributed by atoms with Crippen molar-refractivity contribution in [1.29, 1.82) is 0 Å². The minimum Gasteiger partial charge on any atom is -0.478 e. The van der Waals surface area contributed by atoms with Gasteiger partial charge in [-0.2, -0.15) is 0 Å². The van der Waals surface area contributed by atoms with Crippen LogP contribution >= 0.6 is 0 Å². The number of benzene rings is 1. The van der Waals surface area contributed by atoms with E-state index in [0.717, 1.165) is 19.4 Å². The largest absolute Gasteiger partial charge is 0.478 e. The van der Waals surface area contributed by atoms with Gasteiger partial charge in [0.1, 0.15) is 6.54 Å². The molecule has 22 heavy (non-hydrogen) atoms. The molecule has 1 amide bonds. The third-order valence-electron chi connectivity index (χ3n) is 3.24. The number of hydrogen-bond donors (Lipinski definition) is 2. The van der Waals surface area contributed by atoms with E-state index in [0.29, 0.717) is 12.1 Å². The number of anilines is 1. The van der Waals surface area contributed by atoms with Crippen molar-refractivity contribution in [2.75, 3.05) is 5.32 Å². The summed E-state index contributed by atoms with van der Waals surface area (Å²) in [6.45, 7) is 0.878. The number of rotatable bonds is 7. The van der Waals surface area contributed by atoms with Gasteiger partial charge in [-0.1, -0.05) is 12.1 Å². The standard InChI is InChI=1S/C17H18N2O3/c20-16(9-2-5-12-19-10-3-1-4-11-19)18-15-8-6-7-14(13-15)17(21)22/h1,3-4,6-8,10-11,13H,2,5,9,12H2,(H-,18,20,21,22)/p+1. The highest BCUT2D eigenvalue weighted by atomic mass is 16.4. The van der Waals surface area contributed by atoms with Gasteiger partial charge in [-0.15, -0.1) is 0 Å². The highest BCUT2D eigenvalue weighted by molar-refractivity contribution is 5.93.